The molecular formula is C19H19ClO. The summed E-state index contributed by atoms with van der Waals surface area (Å²) in [6.45, 7) is 4.43. The standard InChI is InChI=1S/C19H19ClO/c1-14(2)13-16-9-7-15(8-10-16)11-12-17-5-3-4-6-18(17)19(20)21/h3-12,14H,13H2,1-2H3. The Bertz CT molecular complexity index is 639. The molecule has 0 bridgehead atoms. The molecule has 0 aromatic heterocycles. The molecule has 0 saturated heterocycles. The maximum atomic E-state index is 11.4. The van der Waals surface area contributed by atoms with E-state index in [1.165, 1.54) is 5.56 Å². The molecule has 0 amide bonds. The van der Waals surface area contributed by atoms with Gasteiger partial charge in [0.05, 0.1) is 0 Å². The summed E-state index contributed by atoms with van der Waals surface area (Å²) < 4.78 is 0. The molecule has 0 heterocycles. The predicted octanol–water partition coefficient (Wildman–Crippen LogP) is 5.43. The molecule has 0 aliphatic carbocycles. The van der Waals surface area contributed by atoms with Crippen molar-refractivity contribution in [3.05, 3.63) is 70.8 Å². The SMILES string of the molecule is CC(C)Cc1ccc(C=Cc2ccccc2C(=O)Cl)cc1. The van der Waals surface area contributed by atoms with Gasteiger partial charge in [-0.3, -0.25) is 4.79 Å². The van der Waals surface area contributed by atoms with Crippen LogP contribution in [0.1, 0.15) is 40.9 Å². The Hall–Kier alpha value is -1.86. The second-order valence-electron chi connectivity index (χ2n) is 5.53. The highest BCUT2D eigenvalue weighted by molar-refractivity contribution is 6.68. The Morgan fingerprint density at radius 2 is 1.71 bits per heavy atom. The van der Waals surface area contributed by atoms with Crippen molar-refractivity contribution in [2.45, 2.75) is 20.3 Å². The average molecular weight is 299 g/mol. The highest BCUT2D eigenvalue weighted by Gasteiger charge is 2.05. The van der Waals surface area contributed by atoms with Crippen molar-refractivity contribution in [1.82, 2.24) is 0 Å². The Labute approximate surface area is 131 Å². The lowest BCUT2D eigenvalue weighted by atomic mass is 10.0. The van der Waals surface area contributed by atoms with Gasteiger partial charge in [0.25, 0.3) is 5.24 Å². The van der Waals surface area contributed by atoms with Crippen LogP contribution in [0.5, 0.6) is 0 Å². The Balaban J connectivity index is 2.16. The molecule has 0 aliphatic heterocycles. The molecule has 0 N–H and O–H groups in total. The number of hydrogen-bond acceptors (Lipinski definition) is 1. The van der Waals surface area contributed by atoms with Crippen molar-refractivity contribution in [2.24, 2.45) is 5.92 Å². The summed E-state index contributed by atoms with van der Waals surface area (Å²) >= 11 is 5.59. The third kappa shape index (κ3) is 4.57. The first-order valence-electron chi connectivity index (χ1n) is 7.12. The molecule has 0 fully saturated rings. The fraction of sp³-hybridized carbons (Fsp3) is 0.211. The zero-order valence-electron chi connectivity index (χ0n) is 12.3. The van der Waals surface area contributed by atoms with E-state index in [9.17, 15) is 4.79 Å². The quantitative estimate of drug-likeness (QED) is 0.531. The second kappa shape index (κ2) is 7.24. The molecule has 108 valence electrons. The number of carbonyl (C=O) groups excluding carboxylic acids is 1. The molecule has 2 heteroatoms. The van der Waals surface area contributed by atoms with Crippen LogP contribution in [0.25, 0.3) is 12.2 Å². The molecule has 21 heavy (non-hydrogen) atoms. The van der Waals surface area contributed by atoms with E-state index in [0.717, 1.165) is 17.5 Å². The number of hydrogen-bond donors (Lipinski definition) is 0. The number of rotatable bonds is 5. The molecule has 2 aromatic carbocycles. The third-order valence-corrected chi connectivity index (χ3v) is 3.46. The van der Waals surface area contributed by atoms with E-state index in [4.69, 9.17) is 11.6 Å². The summed E-state index contributed by atoms with van der Waals surface area (Å²) in [5, 5.41) is -0.428. The van der Waals surface area contributed by atoms with Crippen LogP contribution < -0.4 is 0 Å². The van der Waals surface area contributed by atoms with Crippen LogP contribution in [0.3, 0.4) is 0 Å². The Morgan fingerprint density at radius 3 is 2.33 bits per heavy atom. The largest absolute Gasteiger partial charge is 0.276 e. The minimum atomic E-state index is -0.428. The highest BCUT2D eigenvalue weighted by atomic mass is 35.5. The van der Waals surface area contributed by atoms with E-state index < -0.39 is 5.24 Å². The molecule has 0 saturated carbocycles. The molecule has 0 atom stereocenters. The normalized spacial score (nSPS) is 11.2. The second-order valence-corrected chi connectivity index (χ2v) is 5.88. The van der Waals surface area contributed by atoms with E-state index in [1.54, 1.807) is 6.07 Å². The van der Waals surface area contributed by atoms with Gasteiger partial charge in [-0.05, 0) is 46.7 Å². The van der Waals surface area contributed by atoms with Gasteiger partial charge in [0, 0.05) is 5.56 Å². The van der Waals surface area contributed by atoms with Crippen LogP contribution in [-0.2, 0) is 6.42 Å². The van der Waals surface area contributed by atoms with Crippen LogP contribution in [-0.4, -0.2) is 5.24 Å². The van der Waals surface area contributed by atoms with Crippen LogP contribution in [0.15, 0.2) is 48.5 Å². The first-order chi connectivity index (χ1) is 10.1. The fourth-order valence-corrected chi connectivity index (χ4v) is 2.42. The van der Waals surface area contributed by atoms with E-state index in [2.05, 4.69) is 38.1 Å². The maximum Gasteiger partial charge on any atom is 0.252 e. The van der Waals surface area contributed by atoms with Crippen molar-refractivity contribution in [1.29, 1.82) is 0 Å². The predicted molar refractivity (Wildman–Crippen MR) is 90.5 cm³/mol. The van der Waals surface area contributed by atoms with Crippen LogP contribution >= 0.6 is 11.6 Å². The minimum absolute atomic E-state index is 0.428. The summed E-state index contributed by atoms with van der Waals surface area (Å²) in [5.41, 5.74) is 3.83. The van der Waals surface area contributed by atoms with Gasteiger partial charge in [0.2, 0.25) is 0 Å². The Kier molecular flexibility index (Phi) is 5.35. The van der Waals surface area contributed by atoms with Gasteiger partial charge in [-0.25, -0.2) is 0 Å². The Morgan fingerprint density at radius 1 is 1.05 bits per heavy atom. The summed E-state index contributed by atoms with van der Waals surface area (Å²) in [6, 6.07) is 15.8. The van der Waals surface area contributed by atoms with E-state index in [-0.39, 0.29) is 0 Å². The van der Waals surface area contributed by atoms with E-state index in [1.807, 2.05) is 30.4 Å². The lowest BCUT2D eigenvalue weighted by Crippen LogP contribution is -1.93. The van der Waals surface area contributed by atoms with Gasteiger partial charge in [-0.15, -0.1) is 0 Å². The molecule has 2 rings (SSSR count). The zero-order valence-corrected chi connectivity index (χ0v) is 13.1. The minimum Gasteiger partial charge on any atom is -0.276 e. The van der Waals surface area contributed by atoms with Crippen molar-refractivity contribution in [2.75, 3.05) is 0 Å². The first-order valence-corrected chi connectivity index (χ1v) is 7.50. The summed E-state index contributed by atoms with van der Waals surface area (Å²) in [7, 11) is 0. The molecule has 0 spiro atoms. The van der Waals surface area contributed by atoms with Crippen molar-refractivity contribution in [3.63, 3.8) is 0 Å². The molecule has 1 nitrogen and oxygen atoms in total. The molecule has 0 aliphatic rings. The molecular weight excluding hydrogens is 280 g/mol. The monoisotopic (exact) mass is 298 g/mol. The topological polar surface area (TPSA) is 17.1 Å². The van der Waals surface area contributed by atoms with E-state index in [0.29, 0.717) is 11.5 Å². The van der Waals surface area contributed by atoms with Crippen LogP contribution in [0.2, 0.25) is 0 Å². The number of benzene rings is 2. The van der Waals surface area contributed by atoms with Gasteiger partial charge in [-0.2, -0.15) is 0 Å². The molecule has 0 radical (unpaired) electrons. The zero-order chi connectivity index (χ0) is 15.2. The highest BCUT2D eigenvalue weighted by Crippen LogP contribution is 2.16. The fourth-order valence-electron chi connectivity index (χ4n) is 2.24. The average Bonchev–Trinajstić information content (AvgIpc) is 2.46. The van der Waals surface area contributed by atoms with Crippen LogP contribution in [0, 0.1) is 5.92 Å². The van der Waals surface area contributed by atoms with Crippen LogP contribution in [0.4, 0.5) is 0 Å². The lowest BCUT2D eigenvalue weighted by Gasteiger charge is -2.05. The van der Waals surface area contributed by atoms with Gasteiger partial charge < -0.3 is 0 Å². The molecule has 0 unspecified atom stereocenters. The first kappa shape index (κ1) is 15.5. The van der Waals surface area contributed by atoms with Gasteiger partial charge in [0.15, 0.2) is 0 Å². The van der Waals surface area contributed by atoms with E-state index >= 15 is 0 Å². The third-order valence-electron chi connectivity index (χ3n) is 3.25. The smallest absolute Gasteiger partial charge is 0.252 e. The molecule has 2 aromatic rings. The lowest BCUT2D eigenvalue weighted by molar-refractivity contribution is 0.108. The van der Waals surface area contributed by atoms with Crippen molar-refractivity contribution >= 4 is 29.0 Å². The van der Waals surface area contributed by atoms with Crippen molar-refractivity contribution in [3.8, 4) is 0 Å². The van der Waals surface area contributed by atoms with Gasteiger partial charge in [0.1, 0.15) is 0 Å². The van der Waals surface area contributed by atoms with Gasteiger partial charge >= 0.3 is 0 Å². The maximum absolute atomic E-state index is 11.4. The van der Waals surface area contributed by atoms with Gasteiger partial charge in [-0.1, -0.05) is 68.5 Å². The van der Waals surface area contributed by atoms with Crippen molar-refractivity contribution < 1.29 is 4.79 Å². The summed E-state index contributed by atoms with van der Waals surface area (Å²) in [6.07, 6.45) is 5.01. The number of carbonyl (C=O) groups is 1. The summed E-state index contributed by atoms with van der Waals surface area (Å²) in [5.74, 6) is 0.660. The summed E-state index contributed by atoms with van der Waals surface area (Å²) in [4.78, 5) is 11.4. The number of halogens is 1.